The van der Waals surface area contributed by atoms with Gasteiger partial charge in [-0.1, -0.05) is 0 Å². The van der Waals surface area contributed by atoms with Crippen molar-refractivity contribution in [2.75, 3.05) is 59.2 Å². The number of nitrogens with one attached hydrogen (secondary N) is 2. The number of nitrogens with zero attached hydrogens (tertiary/aromatic N) is 5. The maximum atomic E-state index is 5.56. The molecule has 1 saturated heterocycles. The lowest BCUT2D eigenvalue weighted by atomic mass is 10.0. The van der Waals surface area contributed by atoms with Gasteiger partial charge >= 0.3 is 0 Å². The van der Waals surface area contributed by atoms with Crippen molar-refractivity contribution < 1.29 is 9.47 Å². The summed E-state index contributed by atoms with van der Waals surface area (Å²) in [7, 11) is 1.98. The topological polar surface area (TPSA) is 88.8 Å². The van der Waals surface area contributed by atoms with Crippen LogP contribution in [-0.4, -0.2) is 84.8 Å². The van der Waals surface area contributed by atoms with E-state index in [-0.39, 0.29) is 0 Å². The Morgan fingerprint density at radius 1 is 1.24 bits per heavy atom. The number of rotatable bonds is 11. The smallest absolute Gasteiger partial charge is 0.191 e. The van der Waals surface area contributed by atoms with Crippen LogP contribution in [0.2, 0.25) is 0 Å². The molecule has 2 heterocycles. The van der Waals surface area contributed by atoms with E-state index in [0.717, 1.165) is 83.2 Å². The number of aliphatic imine (C=N–C) groups is 1. The number of ether oxygens (including phenoxy) is 2. The number of hydrogen-bond acceptors (Lipinski definition) is 6. The third kappa shape index (κ3) is 6.94. The van der Waals surface area contributed by atoms with E-state index < -0.39 is 0 Å². The molecule has 2 aliphatic rings. The van der Waals surface area contributed by atoms with Crippen molar-refractivity contribution in [3.05, 3.63) is 11.6 Å². The molecule has 29 heavy (non-hydrogen) atoms. The largest absolute Gasteiger partial charge is 0.382 e. The fourth-order valence-electron chi connectivity index (χ4n) is 3.47. The van der Waals surface area contributed by atoms with E-state index in [4.69, 9.17) is 14.5 Å². The molecular formula is C20H37N7O2. The molecule has 0 atom stereocenters. The molecule has 164 valence electrons. The molecule has 9 nitrogen and oxygen atoms in total. The Kier molecular flexibility index (Phi) is 8.26. The highest BCUT2D eigenvalue weighted by atomic mass is 16.5. The van der Waals surface area contributed by atoms with Crippen LogP contribution in [-0.2, 0) is 23.1 Å². The number of hydrogen-bond donors (Lipinski definition) is 2. The summed E-state index contributed by atoms with van der Waals surface area (Å²) in [5.74, 6) is 2.62. The van der Waals surface area contributed by atoms with Crippen molar-refractivity contribution >= 4 is 5.96 Å². The summed E-state index contributed by atoms with van der Waals surface area (Å²) >= 11 is 0. The Hall–Kier alpha value is -1.71. The summed E-state index contributed by atoms with van der Waals surface area (Å²) in [5, 5.41) is 15.4. The maximum absolute atomic E-state index is 5.56. The van der Waals surface area contributed by atoms with Crippen molar-refractivity contribution in [1.82, 2.24) is 30.3 Å². The highest BCUT2D eigenvalue weighted by molar-refractivity contribution is 5.79. The Morgan fingerprint density at radius 3 is 2.69 bits per heavy atom. The number of aryl methyl sites for hydroxylation is 1. The van der Waals surface area contributed by atoms with Crippen molar-refractivity contribution in [2.45, 2.75) is 39.7 Å². The molecule has 0 bridgehead atoms. The van der Waals surface area contributed by atoms with Gasteiger partial charge in [0.05, 0.1) is 13.2 Å². The van der Waals surface area contributed by atoms with Crippen molar-refractivity contribution in [1.29, 1.82) is 0 Å². The standard InChI is InChI=1S/C20H37N7O2/c1-4-28-12-7-20(5-6-20)16-23-19(21-8-9-27-10-13-29-14-11-27)22-15-18-25-24-17(2)26(18)3/h4-16H2,1-3H3,(H2,21,22,23). The minimum atomic E-state index is 0.364. The molecule has 0 aromatic carbocycles. The first-order chi connectivity index (χ1) is 14.1. The molecule has 1 aromatic heterocycles. The number of aromatic nitrogens is 3. The van der Waals surface area contributed by atoms with Crippen LogP contribution in [0.4, 0.5) is 0 Å². The Balaban J connectivity index is 1.52. The summed E-state index contributed by atoms with van der Waals surface area (Å²) in [6.07, 6.45) is 3.63. The van der Waals surface area contributed by atoms with Crippen LogP contribution in [0.3, 0.4) is 0 Å². The summed E-state index contributed by atoms with van der Waals surface area (Å²) in [5.41, 5.74) is 0.364. The summed E-state index contributed by atoms with van der Waals surface area (Å²) in [6.45, 7) is 12.6. The van der Waals surface area contributed by atoms with E-state index in [0.29, 0.717) is 12.0 Å². The van der Waals surface area contributed by atoms with Gasteiger partial charge in [-0.2, -0.15) is 0 Å². The molecule has 0 unspecified atom stereocenters. The van der Waals surface area contributed by atoms with Gasteiger partial charge in [-0.15, -0.1) is 10.2 Å². The minimum absolute atomic E-state index is 0.364. The van der Waals surface area contributed by atoms with E-state index in [1.165, 1.54) is 12.8 Å². The zero-order valence-corrected chi connectivity index (χ0v) is 18.2. The van der Waals surface area contributed by atoms with Gasteiger partial charge in [0.25, 0.3) is 0 Å². The molecule has 0 spiro atoms. The van der Waals surface area contributed by atoms with Crippen molar-refractivity contribution in [2.24, 2.45) is 17.5 Å². The van der Waals surface area contributed by atoms with Gasteiger partial charge in [-0.3, -0.25) is 4.90 Å². The Bertz CT molecular complexity index is 651. The van der Waals surface area contributed by atoms with Gasteiger partial charge in [0.15, 0.2) is 11.8 Å². The second-order valence-corrected chi connectivity index (χ2v) is 8.07. The molecule has 1 aliphatic heterocycles. The van der Waals surface area contributed by atoms with E-state index in [2.05, 4.69) is 32.7 Å². The molecule has 1 saturated carbocycles. The SMILES string of the molecule is CCOCCC1(CNC(=NCc2nnc(C)n2C)NCCN2CCOCC2)CC1. The zero-order chi connectivity index (χ0) is 20.5. The van der Waals surface area contributed by atoms with Gasteiger partial charge in [0, 0.05) is 53.0 Å². The normalized spacial score (nSPS) is 19.3. The van der Waals surface area contributed by atoms with Gasteiger partial charge in [0.2, 0.25) is 0 Å². The van der Waals surface area contributed by atoms with E-state index in [1.54, 1.807) is 0 Å². The van der Waals surface area contributed by atoms with E-state index >= 15 is 0 Å². The van der Waals surface area contributed by atoms with Crippen LogP contribution in [0, 0.1) is 12.3 Å². The molecule has 2 N–H and O–H groups in total. The van der Waals surface area contributed by atoms with Gasteiger partial charge in [-0.25, -0.2) is 4.99 Å². The third-order valence-electron chi connectivity index (χ3n) is 5.95. The highest BCUT2D eigenvalue weighted by Gasteiger charge is 2.41. The first-order valence-electron chi connectivity index (χ1n) is 10.9. The fraction of sp³-hybridized carbons (Fsp3) is 0.850. The lowest BCUT2D eigenvalue weighted by Crippen LogP contribution is -2.45. The molecule has 0 amide bonds. The molecule has 1 aliphatic carbocycles. The van der Waals surface area contributed by atoms with Crippen LogP contribution in [0.5, 0.6) is 0 Å². The summed E-state index contributed by atoms with van der Waals surface area (Å²) in [4.78, 5) is 7.20. The average Bonchev–Trinajstić information content (AvgIpc) is 3.44. The molecule has 1 aromatic rings. The zero-order valence-electron chi connectivity index (χ0n) is 18.2. The molecular weight excluding hydrogens is 370 g/mol. The predicted molar refractivity (Wildman–Crippen MR) is 113 cm³/mol. The molecule has 9 heteroatoms. The van der Waals surface area contributed by atoms with Crippen molar-refractivity contribution in [3.8, 4) is 0 Å². The van der Waals surface area contributed by atoms with Crippen LogP contribution in [0.15, 0.2) is 4.99 Å². The maximum Gasteiger partial charge on any atom is 0.191 e. The molecule has 2 fully saturated rings. The van der Waals surface area contributed by atoms with E-state index in [9.17, 15) is 0 Å². The Morgan fingerprint density at radius 2 is 2.03 bits per heavy atom. The average molecular weight is 408 g/mol. The fourth-order valence-corrected chi connectivity index (χ4v) is 3.47. The lowest BCUT2D eigenvalue weighted by molar-refractivity contribution is 0.0389. The Labute approximate surface area is 174 Å². The van der Waals surface area contributed by atoms with Crippen LogP contribution in [0.25, 0.3) is 0 Å². The molecule has 0 radical (unpaired) electrons. The summed E-state index contributed by atoms with van der Waals surface area (Å²) < 4.78 is 13.0. The van der Waals surface area contributed by atoms with E-state index in [1.807, 2.05) is 18.5 Å². The summed E-state index contributed by atoms with van der Waals surface area (Å²) in [6, 6.07) is 0. The first kappa shape index (κ1) is 22.0. The lowest BCUT2D eigenvalue weighted by Gasteiger charge is -2.27. The third-order valence-corrected chi connectivity index (χ3v) is 5.95. The highest BCUT2D eigenvalue weighted by Crippen LogP contribution is 2.48. The molecule has 3 rings (SSSR count). The van der Waals surface area contributed by atoms with Gasteiger partial charge in [0.1, 0.15) is 12.4 Å². The second kappa shape index (κ2) is 10.9. The van der Waals surface area contributed by atoms with Crippen LogP contribution in [0.1, 0.15) is 37.8 Å². The first-order valence-corrected chi connectivity index (χ1v) is 10.9. The van der Waals surface area contributed by atoms with Crippen LogP contribution < -0.4 is 10.6 Å². The second-order valence-electron chi connectivity index (χ2n) is 8.07. The minimum Gasteiger partial charge on any atom is -0.382 e. The van der Waals surface area contributed by atoms with Crippen LogP contribution >= 0.6 is 0 Å². The predicted octanol–water partition coefficient (Wildman–Crippen LogP) is 0.698. The quantitative estimate of drug-likeness (QED) is 0.317. The van der Waals surface area contributed by atoms with Crippen molar-refractivity contribution in [3.63, 3.8) is 0 Å². The van der Waals surface area contributed by atoms with Gasteiger partial charge < -0.3 is 24.7 Å². The monoisotopic (exact) mass is 407 g/mol. The number of guanidine groups is 1. The van der Waals surface area contributed by atoms with Gasteiger partial charge in [-0.05, 0) is 38.5 Å². The number of morpholine rings is 1.